The van der Waals surface area contributed by atoms with Gasteiger partial charge in [0, 0.05) is 35.4 Å². The molecule has 3 fully saturated rings. The van der Waals surface area contributed by atoms with Crippen LogP contribution in [0.5, 0.6) is 0 Å². The van der Waals surface area contributed by atoms with Gasteiger partial charge >= 0.3 is 5.97 Å². The Labute approximate surface area is 242 Å². The van der Waals surface area contributed by atoms with Gasteiger partial charge in [0.15, 0.2) is 0 Å². The SMILES string of the molecule is O=C(CSc1cc(Cl)c(Cl)cc1Cl)NC1C(=O)N2C(C(=O)O)=C(C=C3CCN([C@H]4CCNC4)C3=O)CS[C@@H]12. The van der Waals surface area contributed by atoms with Gasteiger partial charge in [-0.1, -0.05) is 34.8 Å². The number of benzene rings is 1. The lowest BCUT2D eigenvalue weighted by atomic mass is 10.0. The van der Waals surface area contributed by atoms with Crippen molar-refractivity contribution in [2.75, 3.05) is 31.1 Å². The Kier molecular flexibility index (Phi) is 8.23. The van der Waals surface area contributed by atoms with Crippen molar-refractivity contribution >= 4 is 82.0 Å². The van der Waals surface area contributed by atoms with Crippen LogP contribution in [0, 0.1) is 0 Å². The van der Waals surface area contributed by atoms with Crippen LogP contribution in [-0.2, 0) is 19.2 Å². The van der Waals surface area contributed by atoms with Gasteiger partial charge in [0.1, 0.15) is 17.1 Å². The van der Waals surface area contributed by atoms with Gasteiger partial charge in [-0.25, -0.2) is 4.79 Å². The van der Waals surface area contributed by atoms with Crippen molar-refractivity contribution in [2.45, 2.75) is 35.2 Å². The number of fused-ring (bicyclic) bond motifs is 1. The number of nitrogens with one attached hydrogen (secondary N) is 2. The van der Waals surface area contributed by atoms with Gasteiger partial charge < -0.3 is 20.6 Å². The number of carbonyl (C=O) groups is 4. The first kappa shape index (κ1) is 27.7. The van der Waals surface area contributed by atoms with Crippen LogP contribution in [0.25, 0.3) is 0 Å². The Morgan fingerprint density at radius 3 is 2.68 bits per heavy atom. The van der Waals surface area contributed by atoms with Crippen molar-refractivity contribution in [1.29, 1.82) is 0 Å². The van der Waals surface area contributed by atoms with Crippen LogP contribution in [0.4, 0.5) is 0 Å². The van der Waals surface area contributed by atoms with Crippen LogP contribution in [0.1, 0.15) is 12.8 Å². The molecule has 9 nitrogen and oxygen atoms in total. The van der Waals surface area contributed by atoms with Crippen LogP contribution in [0.3, 0.4) is 0 Å². The number of amides is 3. The number of halogens is 3. The molecule has 4 heterocycles. The molecule has 3 atom stereocenters. The number of thioether (sulfide) groups is 2. The zero-order chi connectivity index (χ0) is 27.1. The summed E-state index contributed by atoms with van der Waals surface area (Å²) in [6.07, 6.45) is 3.06. The Balaban J connectivity index is 1.25. The van der Waals surface area contributed by atoms with Crippen molar-refractivity contribution < 1.29 is 24.3 Å². The minimum atomic E-state index is -1.24. The fourth-order valence-electron chi connectivity index (χ4n) is 4.96. The molecule has 0 radical (unpaired) electrons. The fourth-order valence-corrected chi connectivity index (χ4v) is 7.81. The summed E-state index contributed by atoms with van der Waals surface area (Å²) in [7, 11) is 0. The fraction of sp³-hybridized carbons (Fsp3) is 0.417. The first-order valence-electron chi connectivity index (χ1n) is 11.9. The molecule has 3 amide bonds. The maximum absolute atomic E-state index is 13.0. The molecular weight excluding hydrogens is 595 g/mol. The third kappa shape index (κ3) is 5.29. The van der Waals surface area contributed by atoms with E-state index in [9.17, 15) is 24.3 Å². The number of rotatable bonds is 7. The van der Waals surface area contributed by atoms with Gasteiger partial charge in [-0.05, 0) is 43.2 Å². The monoisotopic (exact) mass is 616 g/mol. The molecule has 1 aromatic rings. The number of β-lactam (4-membered cyclic amide) rings is 1. The summed E-state index contributed by atoms with van der Waals surface area (Å²) in [6.45, 7) is 2.23. The van der Waals surface area contributed by atoms with Crippen molar-refractivity contribution in [2.24, 2.45) is 0 Å². The number of allylic oxidation sites excluding steroid dienone is 1. The lowest BCUT2D eigenvalue weighted by Crippen LogP contribution is -2.70. The van der Waals surface area contributed by atoms with Gasteiger partial charge in [-0.15, -0.1) is 23.5 Å². The van der Waals surface area contributed by atoms with Gasteiger partial charge in [-0.3, -0.25) is 19.3 Å². The number of hydrogen-bond acceptors (Lipinski definition) is 7. The van der Waals surface area contributed by atoms with Crippen molar-refractivity contribution in [3.63, 3.8) is 0 Å². The Hall–Kier alpha value is -1.89. The number of likely N-dealkylation sites (tertiary alicyclic amines) is 1. The Morgan fingerprint density at radius 1 is 1.21 bits per heavy atom. The molecular formula is C24H23Cl3N4O5S2. The molecule has 0 aromatic heterocycles. The van der Waals surface area contributed by atoms with Crippen LogP contribution >= 0.6 is 58.3 Å². The van der Waals surface area contributed by atoms with E-state index in [-0.39, 0.29) is 23.4 Å². The van der Waals surface area contributed by atoms with Gasteiger partial charge in [0.25, 0.3) is 5.91 Å². The Bertz CT molecular complexity index is 1280. The third-order valence-electron chi connectivity index (χ3n) is 6.83. The van der Waals surface area contributed by atoms with Crippen LogP contribution < -0.4 is 10.6 Å². The van der Waals surface area contributed by atoms with E-state index in [1.54, 1.807) is 12.1 Å². The third-order valence-corrected chi connectivity index (χ3v) is 10.3. The number of carbonyl (C=O) groups excluding carboxylic acids is 3. The minimum Gasteiger partial charge on any atom is -0.477 e. The highest BCUT2D eigenvalue weighted by atomic mass is 35.5. The zero-order valence-corrected chi connectivity index (χ0v) is 23.7. The van der Waals surface area contributed by atoms with E-state index < -0.39 is 29.2 Å². The number of carboxylic acids is 1. The summed E-state index contributed by atoms with van der Waals surface area (Å²) in [5.74, 6) is -1.94. The summed E-state index contributed by atoms with van der Waals surface area (Å²) in [6, 6.07) is 2.36. The van der Waals surface area contributed by atoms with E-state index in [4.69, 9.17) is 34.8 Å². The van der Waals surface area contributed by atoms with E-state index in [1.807, 2.05) is 4.90 Å². The molecule has 5 rings (SSSR count). The molecule has 4 aliphatic rings. The zero-order valence-electron chi connectivity index (χ0n) is 19.8. The summed E-state index contributed by atoms with van der Waals surface area (Å²) in [4.78, 5) is 54.3. The number of nitrogens with zero attached hydrogens (tertiary/aromatic N) is 2. The second kappa shape index (κ2) is 11.3. The van der Waals surface area contributed by atoms with E-state index in [0.29, 0.717) is 49.8 Å². The predicted molar refractivity (Wildman–Crippen MR) is 148 cm³/mol. The van der Waals surface area contributed by atoms with Gasteiger partial charge in [0.05, 0.1) is 20.8 Å². The largest absolute Gasteiger partial charge is 0.477 e. The molecule has 4 aliphatic heterocycles. The molecule has 0 saturated carbocycles. The maximum Gasteiger partial charge on any atom is 0.352 e. The van der Waals surface area contributed by atoms with Crippen molar-refractivity contribution in [1.82, 2.24) is 20.4 Å². The van der Waals surface area contributed by atoms with Gasteiger partial charge in [0.2, 0.25) is 11.8 Å². The number of hydrogen-bond donors (Lipinski definition) is 3. The summed E-state index contributed by atoms with van der Waals surface area (Å²) < 4.78 is 0. The number of aliphatic carboxylic acids is 1. The van der Waals surface area contributed by atoms with Crippen molar-refractivity contribution in [3.05, 3.63) is 50.1 Å². The summed E-state index contributed by atoms with van der Waals surface area (Å²) in [5, 5.41) is 16.3. The molecule has 0 spiro atoms. The van der Waals surface area contributed by atoms with E-state index in [0.717, 1.165) is 31.3 Å². The van der Waals surface area contributed by atoms with E-state index in [1.165, 1.54) is 22.7 Å². The lowest BCUT2D eigenvalue weighted by molar-refractivity contribution is -0.150. The van der Waals surface area contributed by atoms with Crippen molar-refractivity contribution in [3.8, 4) is 0 Å². The first-order chi connectivity index (χ1) is 18.2. The molecule has 3 saturated heterocycles. The average Bonchev–Trinajstić information content (AvgIpc) is 3.53. The normalized spacial score (nSPS) is 26.2. The van der Waals surface area contributed by atoms with Crippen LogP contribution in [-0.4, -0.2) is 87.2 Å². The molecule has 14 heteroatoms. The van der Waals surface area contributed by atoms with Crippen LogP contribution in [0.15, 0.2) is 39.9 Å². The Morgan fingerprint density at radius 2 is 1.97 bits per heavy atom. The molecule has 0 bridgehead atoms. The first-order valence-corrected chi connectivity index (χ1v) is 15.0. The lowest BCUT2D eigenvalue weighted by Gasteiger charge is -2.49. The topological polar surface area (TPSA) is 119 Å². The van der Waals surface area contributed by atoms with Crippen LogP contribution in [0.2, 0.25) is 15.1 Å². The van der Waals surface area contributed by atoms with E-state index in [2.05, 4.69) is 10.6 Å². The average molecular weight is 618 g/mol. The second-order valence-electron chi connectivity index (χ2n) is 9.18. The highest BCUT2D eigenvalue weighted by Crippen LogP contribution is 2.41. The number of carboxylic acid groups (broad SMARTS) is 1. The molecule has 202 valence electrons. The molecule has 3 N–H and O–H groups in total. The molecule has 0 aliphatic carbocycles. The molecule has 1 unspecified atom stereocenters. The maximum atomic E-state index is 13.0. The summed E-state index contributed by atoms with van der Waals surface area (Å²) >= 11 is 20.6. The second-order valence-corrected chi connectivity index (χ2v) is 12.5. The smallest absolute Gasteiger partial charge is 0.352 e. The van der Waals surface area contributed by atoms with Gasteiger partial charge in [-0.2, -0.15) is 0 Å². The van der Waals surface area contributed by atoms with E-state index >= 15 is 0 Å². The quantitative estimate of drug-likeness (QED) is 0.185. The standard InChI is InChI=1S/C24H23Cl3N4O5S2/c25-14-6-16(27)17(7-15(14)26)37-10-18(32)29-19-22(34)31-20(24(35)36)12(9-38-23(19)31)5-11-2-4-30(21(11)33)13-1-3-28-8-13/h5-7,13,19,23,28H,1-4,8-10H2,(H,29,32)(H,35,36)/t13-,19?,23-/m0/s1. The summed E-state index contributed by atoms with van der Waals surface area (Å²) in [5.41, 5.74) is 0.847. The predicted octanol–water partition coefficient (Wildman–Crippen LogP) is 3.00. The molecule has 38 heavy (non-hydrogen) atoms. The minimum absolute atomic E-state index is 0.0209. The highest BCUT2D eigenvalue weighted by Gasteiger charge is 2.54. The molecule has 1 aromatic carbocycles. The highest BCUT2D eigenvalue weighted by molar-refractivity contribution is 8.00.